The smallest absolute Gasteiger partial charge is 0.404 e. The number of sulfonamides is 1. The molecular formula is C23H35F3N4O6S. The van der Waals surface area contributed by atoms with Crippen LogP contribution in [0.25, 0.3) is 0 Å². The number of hydrogen-bond donors (Lipinski definition) is 2. The summed E-state index contributed by atoms with van der Waals surface area (Å²) in [5.74, 6) is -2.68. The highest BCUT2D eigenvalue weighted by Crippen LogP contribution is 2.28. The number of benzene rings is 1. The second-order valence-electron chi connectivity index (χ2n) is 9.17. The Morgan fingerprint density at radius 3 is 2.51 bits per heavy atom. The van der Waals surface area contributed by atoms with Gasteiger partial charge in [-0.1, -0.05) is 13.8 Å². The number of fused-ring (bicyclic) bond motifs is 1. The molecule has 1 aromatic carbocycles. The maximum absolute atomic E-state index is 13.3. The van der Waals surface area contributed by atoms with Gasteiger partial charge in [-0.3, -0.25) is 9.52 Å². The summed E-state index contributed by atoms with van der Waals surface area (Å²) in [4.78, 5) is 29.2. The zero-order chi connectivity index (χ0) is 28.0. The van der Waals surface area contributed by atoms with Crippen molar-refractivity contribution in [2.45, 2.75) is 45.5 Å². The summed E-state index contributed by atoms with van der Waals surface area (Å²) >= 11 is 0. The van der Waals surface area contributed by atoms with Crippen LogP contribution in [-0.2, 0) is 14.8 Å². The van der Waals surface area contributed by atoms with E-state index in [0.717, 1.165) is 12.5 Å². The highest BCUT2D eigenvalue weighted by molar-refractivity contribution is 7.92. The molecule has 3 amide bonds. The van der Waals surface area contributed by atoms with E-state index in [1.165, 1.54) is 31.2 Å². The molecule has 14 heteroatoms. The van der Waals surface area contributed by atoms with Gasteiger partial charge in [-0.05, 0) is 31.5 Å². The average Bonchev–Trinajstić information content (AvgIpc) is 2.79. The van der Waals surface area contributed by atoms with Gasteiger partial charge in [0.15, 0.2) is 5.75 Å². The molecular weight excluding hydrogens is 517 g/mol. The van der Waals surface area contributed by atoms with Crippen molar-refractivity contribution in [1.29, 1.82) is 0 Å². The predicted molar refractivity (Wildman–Crippen MR) is 132 cm³/mol. The Bertz CT molecular complexity index is 1050. The van der Waals surface area contributed by atoms with Crippen LogP contribution in [-0.4, -0.2) is 94.6 Å². The second-order valence-corrected chi connectivity index (χ2v) is 10.9. The van der Waals surface area contributed by atoms with Gasteiger partial charge in [0.1, 0.15) is 12.4 Å². The number of rotatable bonds is 6. The molecule has 0 aliphatic carbocycles. The van der Waals surface area contributed by atoms with Gasteiger partial charge in [-0.2, -0.15) is 13.2 Å². The minimum Gasteiger partial charge on any atom is -0.491 e. The van der Waals surface area contributed by atoms with Crippen molar-refractivity contribution in [2.75, 3.05) is 50.9 Å². The van der Waals surface area contributed by atoms with Crippen molar-refractivity contribution in [2.24, 2.45) is 5.92 Å². The van der Waals surface area contributed by atoms with E-state index in [2.05, 4.69) is 5.32 Å². The number of halogens is 3. The van der Waals surface area contributed by atoms with Crippen molar-refractivity contribution in [3.63, 3.8) is 0 Å². The van der Waals surface area contributed by atoms with Gasteiger partial charge in [0.05, 0.1) is 17.7 Å². The molecule has 1 aromatic rings. The third-order valence-electron chi connectivity index (χ3n) is 5.86. The van der Waals surface area contributed by atoms with Crippen LogP contribution in [0.15, 0.2) is 18.2 Å². The normalized spacial score (nSPS) is 21.8. The quantitative estimate of drug-likeness (QED) is 0.561. The minimum absolute atomic E-state index is 0.00700. The minimum atomic E-state index is -4.93. The number of alkyl halides is 3. The fraction of sp³-hybridized carbons (Fsp3) is 0.652. The number of nitrogens with one attached hydrogen (secondary N) is 2. The summed E-state index contributed by atoms with van der Waals surface area (Å²) in [6.45, 7) is 6.61. The molecule has 2 N–H and O–H groups in total. The summed E-state index contributed by atoms with van der Waals surface area (Å²) in [5, 5.41) is 2.86. The van der Waals surface area contributed by atoms with Gasteiger partial charge >= 0.3 is 12.2 Å². The Kier molecular flexibility index (Phi) is 10.4. The van der Waals surface area contributed by atoms with Crippen molar-refractivity contribution >= 4 is 27.6 Å². The van der Waals surface area contributed by atoms with E-state index >= 15 is 0 Å². The van der Waals surface area contributed by atoms with Gasteiger partial charge < -0.3 is 24.6 Å². The molecule has 2 rings (SSSR count). The van der Waals surface area contributed by atoms with E-state index in [9.17, 15) is 31.2 Å². The molecule has 0 unspecified atom stereocenters. The van der Waals surface area contributed by atoms with E-state index in [4.69, 9.17) is 9.47 Å². The summed E-state index contributed by atoms with van der Waals surface area (Å²) in [6.07, 6.45) is -4.62. The van der Waals surface area contributed by atoms with Gasteiger partial charge in [0.25, 0.3) is 5.91 Å². The first kappa shape index (κ1) is 30.5. The molecule has 37 heavy (non-hydrogen) atoms. The maximum atomic E-state index is 13.3. The molecule has 0 spiro atoms. The van der Waals surface area contributed by atoms with Crippen LogP contribution < -0.4 is 14.8 Å². The largest absolute Gasteiger partial charge is 0.491 e. The molecule has 10 nitrogen and oxygen atoms in total. The zero-order valence-electron chi connectivity index (χ0n) is 21.6. The van der Waals surface area contributed by atoms with Crippen LogP contribution in [0.4, 0.5) is 23.7 Å². The lowest BCUT2D eigenvalue weighted by molar-refractivity contribution is -0.106. The molecule has 1 aliphatic rings. The molecule has 0 saturated heterocycles. The van der Waals surface area contributed by atoms with Crippen LogP contribution in [0.3, 0.4) is 0 Å². The fourth-order valence-electron chi connectivity index (χ4n) is 3.89. The number of ether oxygens (including phenoxy) is 2. The van der Waals surface area contributed by atoms with Gasteiger partial charge in [0, 0.05) is 45.4 Å². The third-order valence-corrected chi connectivity index (χ3v) is 7.11. The SMILES string of the molecule is CCCNC(=O)N1C[C@@H](C)[C@H](OC)CN(C)C(=O)c2cc(NS(=O)(=O)CC(F)(F)F)ccc2OC[C@@H]1C. The number of urea groups is 1. The molecule has 0 fully saturated rings. The monoisotopic (exact) mass is 552 g/mol. The highest BCUT2D eigenvalue weighted by Gasteiger charge is 2.35. The Morgan fingerprint density at radius 1 is 1.24 bits per heavy atom. The zero-order valence-corrected chi connectivity index (χ0v) is 22.4. The van der Waals surface area contributed by atoms with Crippen LogP contribution >= 0.6 is 0 Å². The van der Waals surface area contributed by atoms with E-state index in [0.29, 0.717) is 13.1 Å². The van der Waals surface area contributed by atoms with Crippen LogP contribution in [0.1, 0.15) is 37.6 Å². The molecule has 210 valence electrons. The predicted octanol–water partition coefficient (Wildman–Crippen LogP) is 2.92. The van der Waals surface area contributed by atoms with Crippen molar-refractivity contribution in [3.8, 4) is 5.75 Å². The second kappa shape index (κ2) is 12.7. The first-order valence-corrected chi connectivity index (χ1v) is 13.5. The van der Waals surface area contributed by atoms with E-state index in [-0.39, 0.29) is 42.1 Å². The molecule has 0 aromatic heterocycles. The molecule has 1 heterocycles. The molecule has 3 atom stereocenters. The average molecular weight is 553 g/mol. The Hall–Kier alpha value is -2.74. The van der Waals surface area contributed by atoms with Gasteiger partial charge in [-0.25, -0.2) is 13.2 Å². The topological polar surface area (TPSA) is 117 Å². The maximum Gasteiger partial charge on any atom is 0.404 e. The van der Waals surface area contributed by atoms with E-state index < -0.39 is 40.0 Å². The van der Waals surface area contributed by atoms with E-state index in [1.54, 1.807) is 11.8 Å². The Balaban J connectivity index is 2.44. The molecule has 0 bridgehead atoms. The summed E-state index contributed by atoms with van der Waals surface area (Å²) in [6, 6.07) is 2.97. The number of carbonyl (C=O) groups excluding carboxylic acids is 2. The number of methoxy groups -OCH3 is 1. The van der Waals surface area contributed by atoms with Crippen molar-refractivity contribution < 1.29 is 40.7 Å². The molecule has 0 radical (unpaired) electrons. The summed E-state index contributed by atoms with van der Waals surface area (Å²) in [7, 11) is -1.73. The molecule has 1 aliphatic heterocycles. The first-order chi connectivity index (χ1) is 17.2. The van der Waals surface area contributed by atoms with Gasteiger partial charge in [-0.15, -0.1) is 0 Å². The number of carbonyl (C=O) groups is 2. The standard InChI is InChI=1S/C23H35F3N4O6S/c1-6-9-27-22(32)30-11-15(2)20(35-5)12-29(4)21(31)18-10-17(7-8-19(18)36-13-16(30)3)28-37(33,34)14-23(24,25)26/h7-8,10,15-16,20,28H,6,9,11-14H2,1-5H3,(H,27,32)/t15-,16+,20-/m1/s1. The van der Waals surface area contributed by atoms with Crippen LogP contribution in [0, 0.1) is 5.92 Å². The van der Waals surface area contributed by atoms with Crippen molar-refractivity contribution in [3.05, 3.63) is 23.8 Å². The van der Waals surface area contributed by atoms with Gasteiger partial charge in [0.2, 0.25) is 10.0 Å². The van der Waals surface area contributed by atoms with E-state index in [1.807, 2.05) is 18.6 Å². The lowest BCUT2D eigenvalue weighted by Gasteiger charge is -2.36. The fourth-order valence-corrected chi connectivity index (χ4v) is 4.88. The number of nitrogens with zero attached hydrogens (tertiary/aromatic N) is 2. The molecule has 0 saturated carbocycles. The van der Waals surface area contributed by atoms with Crippen LogP contribution in [0.2, 0.25) is 0 Å². The van der Waals surface area contributed by atoms with Crippen LogP contribution in [0.5, 0.6) is 5.75 Å². The third kappa shape index (κ3) is 8.95. The Morgan fingerprint density at radius 2 is 1.92 bits per heavy atom. The summed E-state index contributed by atoms with van der Waals surface area (Å²) < 4.78 is 75.2. The lowest BCUT2D eigenvalue weighted by Crippen LogP contribution is -2.51. The highest BCUT2D eigenvalue weighted by atomic mass is 32.2. The number of hydrogen-bond acceptors (Lipinski definition) is 6. The number of anilines is 1. The first-order valence-electron chi connectivity index (χ1n) is 11.8. The number of amides is 3. The Labute approximate surface area is 215 Å². The lowest BCUT2D eigenvalue weighted by atomic mass is 10.0. The number of likely N-dealkylation sites (N-methyl/N-ethyl adjacent to an activating group) is 1. The van der Waals surface area contributed by atoms with Crippen molar-refractivity contribution in [1.82, 2.24) is 15.1 Å². The summed E-state index contributed by atoms with van der Waals surface area (Å²) in [5.41, 5.74) is -0.266.